The molecule has 7 nitrogen and oxygen atoms in total. The summed E-state index contributed by atoms with van der Waals surface area (Å²) in [5.41, 5.74) is 1.89. The Hall–Kier alpha value is -2.04. The van der Waals surface area contributed by atoms with Crippen molar-refractivity contribution in [3.05, 3.63) is 58.9 Å². The summed E-state index contributed by atoms with van der Waals surface area (Å²) in [6.07, 6.45) is 2.48. The van der Waals surface area contributed by atoms with Crippen LogP contribution >= 0.6 is 0 Å². The van der Waals surface area contributed by atoms with Crippen LogP contribution in [0, 0.1) is 19.7 Å². The summed E-state index contributed by atoms with van der Waals surface area (Å²) in [4.78, 5) is 2.45. The lowest BCUT2D eigenvalue weighted by atomic mass is 9.84. The minimum absolute atomic E-state index is 0.0182. The Bertz CT molecular complexity index is 1170. The summed E-state index contributed by atoms with van der Waals surface area (Å²) in [7, 11) is -3.82. The van der Waals surface area contributed by atoms with E-state index in [4.69, 9.17) is 9.47 Å². The van der Waals surface area contributed by atoms with Crippen molar-refractivity contribution in [2.24, 2.45) is 0 Å². The zero-order valence-corrected chi connectivity index (χ0v) is 22.9. The fourth-order valence-electron chi connectivity index (χ4n) is 5.67. The number of hydrogen-bond donors (Lipinski definition) is 1. The highest BCUT2D eigenvalue weighted by Gasteiger charge is 2.41. The Morgan fingerprint density at radius 2 is 1.97 bits per heavy atom. The molecule has 2 aromatic carbocycles. The molecule has 0 saturated carbocycles. The van der Waals surface area contributed by atoms with Crippen LogP contribution in [-0.4, -0.2) is 80.4 Å². The summed E-state index contributed by atoms with van der Waals surface area (Å²) in [5.74, 6) is 0.480. The van der Waals surface area contributed by atoms with Crippen LogP contribution in [0.5, 0.6) is 5.75 Å². The first-order chi connectivity index (χ1) is 17.6. The highest BCUT2D eigenvalue weighted by atomic mass is 32.2. The number of aryl methyl sites for hydroxylation is 3. The maximum absolute atomic E-state index is 13.7. The molecule has 0 aliphatic carbocycles. The second-order valence-corrected chi connectivity index (χ2v) is 12.2. The van der Waals surface area contributed by atoms with Crippen LogP contribution in [0.4, 0.5) is 4.39 Å². The molecular weight excluding hydrogens is 495 g/mol. The third-order valence-corrected chi connectivity index (χ3v) is 9.57. The minimum Gasteiger partial charge on any atom is -0.486 e. The average Bonchev–Trinajstić information content (AvgIpc) is 2.83. The largest absolute Gasteiger partial charge is 0.486 e. The van der Waals surface area contributed by atoms with Crippen molar-refractivity contribution in [3.63, 3.8) is 0 Å². The van der Waals surface area contributed by atoms with Crippen LogP contribution in [0.2, 0.25) is 0 Å². The normalized spacial score (nSPS) is 21.1. The summed E-state index contributed by atoms with van der Waals surface area (Å²) in [6, 6.07) is 10.1. The molecule has 2 heterocycles. The van der Waals surface area contributed by atoms with Crippen LogP contribution in [0.15, 0.2) is 41.3 Å². The Morgan fingerprint density at radius 3 is 2.70 bits per heavy atom. The number of aliphatic hydroxyl groups excluding tert-OH is 1. The molecule has 2 aliphatic heterocycles. The van der Waals surface area contributed by atoms with Gasteiger partial charge in [0.05, 0.1) is 17.6 Å². The number of β-amino-alcohol motifs (C(OH)–C–C–N with tert-alkyl or cyclic N) is 1. The second kappa shape index (κ2) is 11.8. The highest BCUT2D eigenvalue weighted by Crippen LogP contribution is 2.38. The van der Waals surface area contributed by atoms with Gasteiger partial charge in [-0.2, -0.15) is 4.31 Å². The van der Waals surface area contributed by atoms with Gasteiger partial charge >= 0.3 is 0 Å². The maximum Gasteiger partial charge on any atom is 0.243 e. The van der Waals surface area contributed by atoms with Crippen molar-refractivity contribution in [1.82, 2.24) is 9.21 Å². The molecule has 2 atom stereocenters. The summed E-state index contributed by atoms with van der Waals surface area (Å²) in [6.45, 7) is 8.14. The van der Waals surface area contributed by atoms with Crippen LogP contribution in [-0.2, 0) is 21.2 Å². The van der Waals surface area contributed by atoms with Gasteiger partial charge in [0, 0.05) is 32.8 Å². The molecule has 1 fully saturated rings. The van der Waals surface area contributed by atoms with E-state index in [-0.39, 0.29) is 31.1 Å². The molecule has 9 heteroatoms. The Morgan fingerprint density at radius 1 is 1.22 bits per heavy atom. The number of rotatable bonds is 10. The third kappa shape index (κ3) is 6.52. The van der Waals surface area contributed by atoms with Gasteiger partial charge in [-0.25, -0.2) is 12.8 Å². The lowest BCUT2D eigenvalue weighted by molar-refractivity contribution is -0.0365. The molecule has 37 heavy (non-hydrogen) atoms. The van der Waals surface area contributed by atoms with Gasteiger partial charge in [-0.3, -0.25) is 4.90 Å². The average molecular weight is 535 g/mol. The first-order valence-electron chi connectivity index (χ1n) is 13.2. The molecule has 204 valence electrons. The first-order valence-corrected chi connectivity index (χ1v) is 14.6. The summed E-state index contributed by atoms with van der Waals surface area (Å²) < 4.78 is 54.2. The minimum atomic E-state index is -3.82. The van der Waals surface area contributed by atoms with Gasteiger partial charge in [-0.15, -0.1) is 0 Å². The predicted molar refractivity (Wildman–Crippen MR) is 141 cm³/mol. The van der Waals surface area contributed by atoms with E-state index in [9.17, 15) is 17.9 Å². The number of fused-ring (bicyclic) bond motifs is 1. The van der Waals surface area contributed by atoms with Crippen molar-refractivity contribution < 1.29 is 27.4 Å². The number of halogens is 1. The van der Waals surface area contributed by atoms with Gasteiger partial charge in [0.2, 0.25) is 10.0 Å². The van der Waals surface area contributed by atoms with E-state index in [0.29, 0.717) is 35.7 Å². The highest BCUT2D eigenvalue weighted by molar-refractivity contribution is 7.89. The van der Waals surface area contributed by atoms with Gasteiger partial charge < -0.3 is 14.6 Å². The number of nitrogens with zero attached hydrogens (tertiary/aromatic N) is 2. The second-order valence-electron chi connectivity index (χ2n) is 10.3. The zero-order valence-electron chi connectivity index (χ0n) is 22.1. The molecule has 2 aliphatic rings. The van der Waals surface area contributed by atoms with E-state index >= 15 is 0 Å². The zero-order chi connectivity index (χ0) is 26.6. The van der Waals surface area contributed by atoms with Crippen molar-refractivity contribution in [2.45, 2.75) is 63.1 Å². The molecule has 0 aromatic heterocycles. The van der Waals surface area contributed by atoms with Crippen LogP contribution in [0.1, 0.15) is 42.9 Å². The van der Waals surface area contributed by atoms with E-state index in [1.54, 1.807) is 38.1 Å². The maximum atomic E-state index is 13.7. The quantitative estimate of drug-likeness (QED) is 0.469. The molecule has 1 saturated heterocycles. The lowest BCUT2D eigenvalue weighted by Gasteiger charge is -2.46. The van der Waals surface area contributed by atoms with Crippen molar-refractivity contribution in [1.29, 1.82) is 0 Å². The fraction of sp³-hybridized carbons (Fsp3) is 0.571. The monoisotopic (exact) mass is 534 g/mol. The molecule has 1 spiro atoms. The fourth-order valence-corrected chi connectivity index (χ4v) is 7.56. The Kier molecular flexibility index (Phi) is 8.91. The van der Waals surface area contributed by atoms with Crippen molar-refractivity contribution >= 4 is 10.0 Å². The summed E-state index contributed by atoms with van der Waals surface area (Å²) in [5, 5.41) is 11.1. The smallest absolute Gasteiger partial charge is 0.243 e. The predicted octanol–water partition coefficient (Wildman–Crippen LogP) is 3.69. The number of likely N-dealkylation sites (tertiary alicyclic amines) is 1. The molecule has 0 amide bonds. The van der Waals surface area contributed by atoms with E-state index < -0.39 is 16.1 Å². The molecule has 1 N–H and O–H groups in total. The van der Waals surface area contributed by atoms with E-state index in [2.05, 4.69) is 4.90 Å². The van der Waals surface area contributed by atoms with Gasteiger partial charge in [0.1, 0.15) is 17.2 Å². The van der Waals surface area contributed by atoms with E-state index in [1.165, 1.54) is 10.4 Å². The number of piperidine rings is 1. The van der Waals surface area contributed by atoms with Crippen LogP contribution in [0.25, 0.3) is 0 Å². The molecular formula is C28H39FN2O5S. The Balaban J connectivity index is 1.45. The van der Waals surface area contributed by atoms with Gasteiger partial charge in [0.25, 0.3) is 0 Å². The third-order valence-electron chi connectivity index (χ3n) is 7.40. The Labute approximate surface area is 220 Å². The molecule has 0 radical (unpaired) electrons. The topological polar surface area (TPSA) is 79.3 Å². The number of ether oxygens (including phenoxy) is 2. The van der Waals surface area contributed by atoms with Gasteiger partial charge in [-0.05, 0) is 87.9 Å². The van der Waals surface area contributed by atoms with Gasteiger partial charge in [-0.1, -0.05) is 18.2 Å². The van der Waals surface area contributed by atoms with Crippen LogP contribution < -0.4 is 4.74 Å². The molecule has 4 rings (SSSR count). The lowest BCUT2D eigenvalue weighted by Crippen LogP contribution is -2.55. The van der Waals surface area contributed by atoms with Crippen molar-refractivity contribution in [2.75, 3.05) is 45.9 Å². The number of sulfonamides is 1. The van der Waals surface area contributed by atoms with Crippen molar-refractivity contribution in [3.8, 4) is 5.75 Å². The number of benzene rings is 2. The van der Waals surface area contributed by atoms with Gasteiger partial charge in [0.15, 0.2) is 0 Å². The van der Waals surface area contributed by atoms with Crippen LogP contribution in [0.3, 0.4) is 0 Å². The number of aliphatic hydroxyl groups is 1. The molecule has 0 bridgehead atoms. The molecule has 2 aromatic rings. The number of hydrogen-bond acceptors (Lipinski definition) is 6. The standard InChI is InChI=1S/C28H39FN2O5S/c1-4-35-16-15-31(37(33,34)27-21(2)7-5-8-22(27)3)19-25(32)18-30-14-6-12-28(20-30)13-11-23-17-24(29)9-10-26(23)36-28/h5,7-10,17,25,32H,4,6,11-16,18-20H2,1-3H3/t25-,28?/m0/s1. The molecule has 1 unspecified atom stereocenters. The first kappa shape index (κ1) is 28.0. The van der Waals surface area contributed by atoms with E-state index in [1.807, 2.05) is 13.0 Å². The summed E-state index contributed by atoms with van der Waals surface area (Å²) >= 11 is 0. The van der Waals surface area contributed by atoms with E-state index in [0.717, 1.165) is 43.5 Å². The SMILES string of the molecule is CCOCCN(C[C@@H](O)CN1CCCC2(CCc3cc(F)ccc3O2)C1)S(=O)(=O)c1c(C)cccc1C.